The van der Waals surface area contributed by atoms with E-state index >= 15 is 0 Å². The lowest BCUT2D eigenvalue weighted by Gasteiger charge is -2.27. The zero-order valence-electron chi connectivity index (χ0n) is 12.2. The highest BCUT2D eigenvalue weighted by Gasteiger charge is 2.20. The van der Waals surface area contributed by atoms with Crippen LogP contribution in [0.5, 0.6) is 0 Å². The lowest BCUT2D eigenvalue weighted by Crippen LogP contribution is -2.33. The fourth-order valence-corrected chi connectivity index (χ4v) is 3.73. The summed E-state index contributed by atoms with van der Waals surface area (Å²) in [6.45, 7) is 1.19. The van der Waals surface area contributed by atoms with Crippen molar-refractivity contribution in [3.63, 3.8) is 0 Å². The van der Waals surface area contributed by atoms with Gasteiger partial charge in [-0.15, -0.1) is 11.3 Å². The molecule has 1 aromatic heterocycles. The molecule has 0 bridgehead atoms. The van der Waals surface area contributed by atoms with Crippen molar-refractivity contribution in [1.82, 2.24) is 10.3 Å². The molecule has 21 heavy (non-hydrogen) atoms. The second-order valence-electron chi connectivity index (χ2n) is 5.79. The Balaban J connectivity index is 1.52. The van der Waals surface area contributed by atoms with Crippen LogP contribution < -0.4 is 5.32 Å². The highest BCUT2D eigenvalue weighted by Crippen LogP contribution is 2.25. The van der Waals surface area contributed by atoms with E-state index in [1.807, 2.05) is 18.2 Å². The summed E-state index contributed by atoms with van der Waals surface area (Å²) < 4.78 is 0. The van der Waals surface area contributed by atoms with E-state index in [0.29, 0.717) is 18.6 Å². The van der Waals surface area contributed by atoms with Gasteiger partial charge >= 0.3 is 0 Å². The third-order valence-electron chi connectivity index (χ3n) is 4.25. The standard InChI is InChI=1S/C17H22N2OS/c20-11-13-6-8-15(9-7-13)18-10-16-12-21-17(19-16)14-4-2-1-3-5-14/h1-5,12-13,15,18,20H,6-11H2. The summed E-state index contributed by atoms with van der Waals surface area (Å²) in [5, 5.41) is 16.0. The Morgan fingerprint density at radius 3 is 2.62 bits per heavy atom. The Labute approximate surface area is 130 Å². The number of hydrogen-bond donors (Lipinski definition) is 2. The van der Waals surface area contributed by atoms with E-state index in [4.69, 9.17) is 10.1 Å². The minimum Gasteiger partial charge on any atom is -0.396 e. The second-order valence-corrected chi connectivity index (χ2v) is 6.65. The normalized spacial score (nSPS) is 22.3. The molecular weight excluding hydrogens is 280 g/mol. The third-order valence-corrected chi connectivity index (χ3v) is 5.19. The molecule has 1 aromatic carbocycles. The Morgan fingerprint density at radius 2 is 1.90 bits per heavy atom. The Morgan fingerprint density at radius 1 is 1.14 bits per heavy atom. The SMILES string of the molecule is OCC1CCC(NCc2csc(-c3ccccc3)n2)CC1. The fraction of sp³-hybridized carbons (Fsp3) is 0.471. The van der Waals surface area contributed by atoms with Crippen LogP contribution in [0.25, 0.3) is 10.6 Å². The first-order valence-corrected chi connectivity index (χ1v) is 8.57. The maximum absolute atomic E-state index is 9.17. The summed E-state index contributed by atoms with van der Waals surface area (Å²) in [6, 6.07) is 10.9. The zero-order valence-corrected chi connectivity index (χ0v) is 13.0. The van der Waals surface area contributed by atoms with Gasteiger partial charge in [0.25, 0.3) is 0 Å². The molecule has 0 saturated heterocycles. The Hall–Kier alpha value is -1.23. The molecule has 3 nitrogen and oxygen atoms in total. The van der Waals surface area contributed by atoms with Gasteiger partial charge in [0.05, 0.1) is 5.69 Å². The first kappa shape index (κ1) is 14.7. The molecule has 2 N–H and O–H groups in total. The number of nitrogens with one attached hydrogen (secondary N) is 1. The minimum atomic E-state index is 0.346. The van der Waals surface area contributed by atoms with Gasteiger partial charge < -0.3 is 10.4 Å². The monoisotopic (exact) mass is 302 g/mol. The summed E-state index contributed by atoms with van der Waals surface area (Å²) in [5.41, 5.74) is 2.32. The molecule has 1 aliphatic rings. The van der Waals surface area contributed by atoms with Crippen molar-refractivity contribution in [3.05, 3.63) is 41.4 Å². The first-order valence-electron chi connectivity index (χ1n) is 7.69. The van der Waals surface area contributed by atoms with E-state index in [1.165, 1.54) is 18.4 Å². The van der Waals surface area contributed by atoms with Crippen LogP contribution in [0.15, 0.2) is 35.7 Å². The van der Waals surface area contributed by atoms with Crippen LogP contribution in [0.4, 0.5) is 0 Å². The van der Waals surface area contributed by atoms with Crippen molar-refractivity contribution in [2.24, 2.45) is 5.92 Å². The molecule has 3 rings (SSSR count). The predicted molar refractivity (Wildman–Crippen MR) is 87.2 cm³/mol. The molecular formula is C17H22N2OS. The van der Waals surface area contributed by atoms with Crippen molar-refractivity contribution in [2.75, 3.05) is 6.61 Å². The van der Waals surface area contributed by atoms with Crippen molar-refractivity contribution in [2.45, 2.75) is 38.3 Å². The van der Waals surface area contributed by atoms with Gasteiger partial charge in [0.15, 0.2) is 0 Å². The molecule has 4 heteroatoms. The molecule has 1 saturated carbocycles. The van der Waals surface area contributed by atoms with E-state index in [1.54, 1.807) is 11.3 Å². The lowest BCUT2D eigenvalue weighted by atomic mass is 9.86. The Kier molecular flexibility index (Phi) is 5.01. The largest absolute Gasteiger partial charge is 0.396 e. The van der Waals surface area contributed by atoms with E-state index in [-0.39, 0.29) is 0 Å². The number of benzene rings is 1. The lowest BCUT2D eigenvalue weighted by molar-refractivity contribution is 0.175. The summed E-state index contributed by atoms with van der Waals surface area (Å²) in [5.74, 6) is 0.520. The zero-order chi connectivity index (χ0) is 14.5. The van der Waals surface area contributed by atoms with Gasteiger partial charge in [-0.05, 0) is 31.6 Å². The summed E-state index contributed by atoms with van der Waals surface area (Å²) in [4.78, 5) is 4.71. The van der Waals surface area contributed by atoms with Gasteiger partial charge in [-0.1, -0.05) is 30.3 Å². The molecule has 1 fully saturated rings. The van der Waals surface area contributed by atoms with E-state index < -0.39 is 0 Å². The maximum Gasteiger partial charge on any atom is 0.123 e. The fourth-order valence-electron chi connectivity index (χ4n) is 2.90. The van der Waals surface area contributed by atoms with Crippen LogP contribution in [-0.2, 0) is 6.54 Å². The number of aromatic nitrogens is 1. The molecule has 112 valence electrons. The highest BCUT2D eigenvalue weighted by atomic mass is 32.1. The van der Waals surface area contributed by atoms with Gasteiger partial charge in [-0.3, -0.25) is 0 Å². The van der Waals surface area contributed by atoms with E-state index in [9.17, 15) is 0 Å². The number of hydrogen-bond acceptors (Lipinski definition) is 4. The van der Waals surface area contributed by atoms with Gasteiger partial charge in [-0.2, -0.15) is 0 Å². The minimum absolute atomic E-state index is 0.346. The van der Waals surface area contributed by atoms with Gasteiger partial charge in [0.1, 0.15) is 5.01 Å². The quantitative estimate of drug-likeness (QED) is 0.889. The average molecular weight is 302 g/mol. The van der Waals surface area contributed by atoms with Crippen LogP contribution in [-0.4, -0.2) is 22.7 Å². The maximum atomic E-state index is 9.17. The summed E-state index contributed by atoms with van der Waals surface area (Å²) in [6.07, 6.45) is 4.61. The van der Waals surface area contributed by atoms with Crippen molar-refractivity contribution >= 4 is 11.3 Å². The topological polar surface area (TPSA) is 45.1 Å². The molecule has 0 atom stereocenters. The smallest absolute Gasteiger partial charge is 0.123 e. The molecule has 0 unspecified atom stereocenters. The van der Waals surface area contributed by atoms with Crippen LogP contribution in [0.1, 0.15) is 31.4 Å². The van der Waals surface area contributed by atoms with Crippen molar-refractivity contribution in [3.8, 4) is 10.6 Å². The van der Waals surface area contributed by atoms with Gasteiger partial charge in [0, 0.05) is 30.1 Å². The second kappa shape index (κ2) is 7.16. The Bertz CT molecular complexity index is 547. The summed E-state index contributed by atoms with van der Waals surface area (Å²) >= 11 is 1.71. The number of aliphatic hydroxyl groups is 1. The number of aliphatic hydroxyl groups excluding tert-OH is 1. The molecule has 2 aromatic rings. The molecule has 0 radical (unpaired) electrons. The average Bonchev–Trinajstić information content (AvgIpc) is 3.03. The number of thiazole rings is 1. The third kappa shape index (κ3) is 3.90. The van der Waals surface area contributed by atoms with Crippen LogP contribution >= 0.6 is 11.3 Å². The van der Waals surface area contributed by atoms with E-state index in [2.05, 4.69) is 22.8 Å². The van der Waals surface area contributed by atoms with Crippen LogP contribution in [0, 0.1) is 5.92 Å². The number of nitrogens with zero attached hydrogens (tertiary/aromatic N) is 1. The molecule has 1 aliphatic carbocycles. The van der Waals surface area contributed by atoms with Crippen molar-refractivity contribution < 1.29 is 5.11 Å². The van der Waals surface area contributed by atoms with Gasteiger partial charge in [-0.25, -0.2) is 4.98 Å². The van der Waals surface area contributed by atoms with Crippen molar-refractivity contribution in [1.29, 1.82) is 0 Å². The van der Waals surface area contributed by atoms with Gasteiger partial charge in [0.2, 0.25) is 0 Å². The molecule has 1 heterocycles. The van der Waals surface area contributed by atoms with Crippen LogP contribution in [0.2, 0.25) is 0 Å². The predicted octanol–water partition coefficient (Wildman–Crippen LogP) is 3.45. The molecule has 0 spiro atoms. The number of rotatable bonds is 5. The highest BCUT2D eigenvalue weighted by molar-refractivity contribution is 7.13. The van der Waals surface area contributed by atoms with E-state index in [0.717, 1.165) is 30.1 Å². The molecule has 0 amide bonds. The first-order chi connectivity index (χ1) is 10.3. The summed E-state index contributed by atoms with van der Waals surface area (Å²) in [7, 11) is 0. The van der Waals surface area contributed by atoms with Crippen LogP contribution in [0.3, 0.4) is 0 Å². The molecule has 0 aliphatic heterocycles.